The van der Waals surface area contributed by atoms with Crippen molar-refractivity contribution < 1.29 is 28.9 Å². The normalized spacial score (nSPS) is 16.6. The van der Waals surface area contributed by atoms with E-state index in [9.17, 15) is 14.3 Å². The molecule has 1 aliphatic heterocycles. The fraction of sp³-hybridized carbons (Fsp3) is 0.650. The summed E-state index contributed by atoms with van der Waals surface area (Å²) in [5.41, 5.74) is -0.0896. The van der Waals surface area contributed by atoms with Crippen molar-refractivity contribution in [2.45, 2.75) is 45.3 Å². The third-order valence-corrected chi connectivity index (χ3v) is 4.44. The molecule has 1 heterocycles. The molecule has 0 radical (unpaired) electrons. The summed E-state index contributed by atoms with van der Waals surface area (Å²) in [7, 11) is 0. The molecule has 1 amide bonds. The number of piperidine rings is 1. The van der Waals surface area contributed by atoms with Crippen LogP contribution in [0.3, 0.4) is 0 Å². The summed E-state index contributed by atoms with van der Waals surface area (Å²) in [6.07, 6.45) is 0.252. The number of aliphatic hydroxyl groups is 2. The Labute approximate surface area is 165 Å². The fourth-order valence-electron chi connectivity index (χ4n) is 2.90. The van der Waals surface area contributed by atoms with E-state index >= 15 is 0 Å². The molecule has 3 N–H and O–H groups in total. The van der Waals surface area contributed by atoms with E-state index in [-0.39, 0.29) is 30.9 Å². The molecule has 1 aromatic rings. The van der Waals surface area contributed by atoms with Gasteiger partial charge in [-0.25, -0.2) is 9.18 Å². The van der Waals surface area contributed by atoms with Gasteiger partial charge in [-0.15, -0.1) is 0 Å². The third-order valence-electron chi connectivity index (χ3n) is 4.44. The summed E-state index contributed by atoms with van der Waals surface area (Å²) in [4.78, 5) is 13.8. The summed E-state index contributed by atoms with van der Waals surface area (Å²) in [6.45, 7) is 6.71. The summed E-state index contributed by atoms with van der Waals surface area (Å²) in [5, 5.41) is 21.3. The fourth-order valence-corrected chi connectivity index (χ4v) is 2.90. The number of anilines is 1. The first-order chi connectivity index (χ1) is 13.2. The zero-order valence-corrected chi connectivity index (χ0v) is 16.8. The molecule has 1 fully saturated rings. The lowest BCUT2D eigenvalue weighted by atomic mass is 9.98. The SMILES string of the molecule is CC(C)(C)OC(=O)N1CCC(COc2c(F)cccc2NCC(O)CO)CC1. The number of likely N-dealkylation sites (tertiary alicyclic amines) is 1. The third kappa shape index (κ3) is 6.83. The van der Waals surface area contributed by atoms with Crippen molar-refractivity contribution >= 4 is 11.8 Å². The minimum absolute atomic E-state index is 0.0879. The first kappa shape index (κ1) is 22.2. The second-order valence-corrected chi connectivity index (χ2v) is 8.06. The Morgan fingerprint density at radius 1 is 1.36 bits per heavy atom. The van der Waals surface area contributed by atoms with Gasteiger partial charge in [0.2, 0.25) is 0 Å². The van der Waals surface area contributed by atoms with Gasteiger partial charge in [-0.05, 0) is 51.7 Å². The maximum absolute atomic E-state index is 14.2. The Bertz CT molecular complexity index is 642. The Morgan fingerprint density at radius 3 is 2.64 bits per heavy atom. The van der Waals surface area contributed by atoms with Gasteiger partial charge in [0.05, 0.1) is 25.0 Å². The zero-order valence-electron chi connectivity index (χ0n) is 16.8. The molecule has 1 atom stereocenters. The number of rotatable bonds is 7. The van der Waals surface area contributed by atoms with Crippen LogP contribution in [0.15, 0.2) is 18.2 Å². The van der Waals surface area contributed by atoms with E-state index in [1.54, 1.807) is 17.0 Å². The monoisotopic (exact) mass is 398 g/mol. The van der Waals surface area contributed by atoms with E-state index in [0.717, 1.165) is 12.8 Å². The number of halogens is 1. The molecule has 0 spiro atoms. The number of ether oxygens (including phenoxy) is 2. The number of carbonyl (C=O) groups excluding carboxylic acids is 1. The molecule has 1 saturated heterocycles. The molecular weight excluding hydrogens is 367 g/mol. The van der Waals surface area contributed by atoms with Crippen LogP contribution in [0.25, 0.3) is 0 Å². The lowest BCUT2D eigenvalue weighted by molar-refractivity contribution is 0.0164. The topological polar surface area (TPSA) is 91.3 Å². The van der Waals surface area contributed by atoms with Crippen molar-refractivity contribution in [2.24, 2.45) is 5.92 Å². The highest BCUT2D eigenvalue weighted by Crippen LogP contribution is 2.29. The standard InChI is InChI=1S/C20H31FN2O5/c1-20(2,3)28-19(26)23-9-7-14(8-10-23)13-27-18-16(21)5-4-6-17(18)22-11-15(25)12-24/h4-6,14-15,22,24-25H,7-13H2,1-3H3. The van der Waals surface area contributed by atoms with E-state index < -0.39 is 17.5 Å². The predicted molar refractivity (Wildman–Crippen MR) is 104 cm³/mol. The summed E-state index contributed by atoms with van der Waals surface area (Å²) >= 11 is 0. The van der Waals surface area contributed by atoms with Crippen LogP contribution in [0.2, 0.25) is 0 Å². The van der Waals surface area contributed by atoms with Gasteiger partial charge in [0.15, 0.2) is 11.6 Å². The average Bonchev–Trinajstić information content (AvgIpc) is 2.64. The van der Waals surface area contributed by atoms with Gasteiger partial charge in [-0.2, -0.15) is 0 Å². The van der Waals surface area contributed by atoms with Crippen LogP contribution in [0, 0.1) is 11.7 Å². The van der Waals surface area contributed by atoms with Gasteiger partial charge < -0.3 is 29.9 Å². The van der Waals surface area contributed by atoms with Crippen LogP contribution in [0.1, 0.15) is 33.6 Å². The van der Waals surface area contributed by atoms with E-state index in [1.165, 1.54) is 6.07 Å². The molecule has 0 bridgehead atoms. The van der Waals surface area contributed by atoms with Crippen LogP contribution in [0.5, 0.6) is 5.75 Å². The number of nitrogens with zero attached hydrogens (tertiary/aromatic N) is 1. The zero-order chi connectivity index (χ0) is 20.7. The second kappa shape index (κ2) is 9.93. The van der Waals surface area contributed by atoms with Gasteiger partial charge >= 0.3 is 6.09 Å². The quantitative estimate of drug-likeness (QED) is 0.654. The summed E-state index contributed by atoms with van der Waals surface area (Å²) in [6, 6.07) is 4.52. The van der Waals surface area contributed by atoms with Crippen molar-refractivity contribution in [1.82, 2.24) is 4.90 Å². The van der Waals surface area contributed by atoms with E-state index in [0.29, 0.717) is 25.4 Å². The highest BCUT2D eigenvalue weighted by molar-refractivity contribution is 5.68. The number of benzene rings is 1. The number of hydrogen-bond donors (Lipinski definition) is 3. The Hall–Kier alpha value is -2.06. The average molecular weight is 398 g/mol. The van der Waals surface area contributed by atoms with Crippen molar-refractivity contribution in [3.63, 3.8) is 0 Å². The van der Waals surface area contributed by atoms with Gasteiger partial charge in [-0.1, -0.05) is 6.07 Å². The first-order valence-corrected chi connectivity index (χ1v) is 9.61. The molecule has 7 nitrogen and oxygen atoms in total. The minimum Gasteiger partial charge on any atom is -0.488 e. The van der Waals surface area contributed by atoms with Crippen LogP contribution >= 0.6 is 0 Å². The first-order valence-electron chi connectivity index (χ1n) is 9.61. The Balaban J connectivity index is 1.86. The molecule has 1 aromatic carbocycles. The van der Waals surface area contributed by atoms with E-state index in [2.05, 4.69) is 5.32 Å². The van der Waals surface area contributed by atoms with Gasteiger partial charge in [0.25, 0.3) is 0 Å². The highest BCUT2D eigenvalue weighted by atomic mass is 19.1. The summed E-state index contributed by atoms with van der Waals surface area (Å²) < 4.78 is 25.3. The van der Waals surface area contributed by atoms with Crippen LogP contribution in [0.4, 0.5) is 14.9 Å². The highest BCUT2D eigenvalue weighted by Gasteiger charge is 2.27. The molecular formula is C20H31FN2O5. The number of para-hydroxylation sites is 1. The van der Waals surface area contributed by atoms with E-state index in [1.807, 2.05) is 20.8 Å². The number of hydrogen-bond acceptors (Lipinski definition) is 6. The second-order valence-electron chi connectivity index (χ2n) is 8.06. The molecule has 2 rings (SSSR count). The molecule has 0 saturated carbocycles. The van der Waals surface area contributed by atoms with Crippen molar-refractivity contribution in [1.29, 1.82) is 0 Å². The van der Waals surface area contributed by atoms with Crippen LogP contribution in [-0.2, 0) is 4.74 Å². The lowest BCUT2D eigenvalue weighted by Crippen LogP contribution is -2.42. The molecule has 0 aliphatic carbocycles. The lowest BCUT2D eigenvalue weighted by Gasteiger charge is -2.33. The van der Waals surface area contributed by atoms with Crippen molar-refractivity contribution in [3.05, 3.63) is 24.0 Å². The number of aliphatic hydroxyl groups excluding tert-OH is 2. The molecule has 8 heteroatoms. The van der Waals surface area contributed by atoms with Crippen molar-refractivity contribution in [3.8, 4) is 5.75 Å². The van der Waals surface area contributed by atoms with E-state index in [4.69, 9.17) is 14.6 Å². The molecule has 1 aliphatic rings. The van der Waals surface area contributed by atoms with Gasteiger partial charge in [-0.3, -0.25) is 0 Å². The Morgan fingerprint density at radius 2 is 2.04 bits per heavy atom. The molecule has 1 unspecified atom stereocenters. The largest absolute Gasteiger partial charge is 0.488 e. The maximum atomic E-state index is 14.2. The summed E-state index contributed by atoms with van der Waals surface area (Å²) in [5.74, 6) is -0.189. The smallest absolute Gasteiger partial charge is 0.410 e. The molecule has 28 heavy (non-hydrogen) atoms. The van der Waals surface area contributed by atoms with Crippen molar-refractivity contribution in [2.75, 3.05) is 38.2 Å². The number of carbonyl (C=O) groups is 1. The Kier molecular flexibility index (Phi) is 7.88. The number of nitrogens with one attached hydrogen (secondary N) is 1. The van der Waals surface area contributed by atoms with Gasteiger partial charge in [0.1, 0.15) is 5.60 Å². The molecule has 0 aromatic heterocycles. The number of amides is 1. The maximum Gasteiger partial charge on any atom is 0.410 e. The van der Waals surface area contributed by atoms with Gasteiger partial charge in [0, 0.05) is 19.6 Å². The minimum atomic E-state index is -0.937. The predicted octanol–water partition coefficient (Wildman–Crippen LogP) is 2.62. The van der Waals surface area contributed by atoms with Crippen LogP contribution < -0.4 is 10.1 Å². The molecule has 158 valence electrons. The van der Waals surface area contributed by atoms with Crippen LogP contribution in [-0.4, -0.2) is 65.8 Å².